The zero-order chi connectivity index (χ0) is 15.8. The van der Waals surface area contributed by atoms with Gasteiger partial charge in [-0.15, -0.1) is 0 Å². The first-order chi connectivity index (χ1) is 10.7. The van der Waals surface area contributed by atoms with E-state index in [1.54, 1.807) is 0 Å². The van der Waals surface area contributed by atoms with Gasteiger partial charge in [0.1, 0.15) is 0 Å². The Morgan fingerprint density at radius 3 is 1.95 bits per heavy atom. The van der Waals surface area contributed by atoms with Crippen LogP contribution in [0.2, 0.25) is 0 Å². The van der Waals surface area contributed by atoms with Crippen LogP contribution in [0.3, 0.4) is 0 Å². The summed E-state index contributed by atoms with van der Waals surface area (Å²) < 4.78 is 0. The van der Waals surface area contributed by atoms with Crippen LogP contribution in [0.1, 0.15) is 91.4 Å². The predicted octanol–water partition coefficient (Wildman–Crippen LogP) is 5.08. The van der Waals surface area contributed by atoms with E-state index in [1.165, 1.54) is 96.8 Å². The third-order valence-corrected chi connectivity index (χ3v) is 6.15. The van der Waals surface area contributed by atoms with Crippen LogP contribution in [-0.4, -0.2) is 47.6 Å². The molecular formula is C20H40N2. The second-order valence-corrected chi connectivity index (χ2v) is 8.16. The zero-order valence-electron chi connectivity index (χ0n) is 15.6. The van der Waals surface area contributed by atoms with E-state index >= 15 is 0 Å². The molecule has 0 aromatic carbocycles. The molecule has 0 N–H and O–H groups in total. The van der Waals surface area contributed by atoms with Crippen molar-refractivity contribution in [1.29, 1.82) is 0 Å². The number of hydrogen-bond acceptors (Lipinski definition) is 2. The highest BCUT2D eigenvalue weighted by Crippen LogP contribution is 2.32. The number of hydrogen-bond donors (Lipinski definition) is 0. The highest BCUT2D eigenvalue weighted by molar-refractivity contribution is 4.97. The molecule has 2 saturated heterocycles. The molecule has 0 saturated carbocycles. The molecule has 0 bridgehead atoms. The molecule has 1 unspecified atom stereocenters. The lowest BCUT2D eigenvalue weighted by Gasteiger charge is -2.46. The summed E-state index contributed by atoms with van der Waals surface area (Å²) in [5, 5.41) is 0. The van der Waals surface area contributed by atoms with E-state index in [0.29, 0.717) is 5.54 Å². The Balaban J connectivity index is 1.85. The van der Waals surface area contributed by atoms with Gasteiger partial charge in [0.05, 0.1) is 0 Å². The molecule has 2 heterocycles. The molecule has 0 aliphatic carbocycles. The Kier molecular flexibility index (Phi) is 7.70. The maximum Gasteiger partial charge on any atom is 0.0308 e. The minimum Gasteiger partial charge on any atom is -0.299 e. The van der Waals surface area contributed by atoms with Crippen molar-refractivity contribution < 1.29 is 0 Å². The Bertz CT molecular complexity index is 288. The third-order valence-electron chi connectivity index (χ3n) is 6.15. The fourth-order valence-corrected chi connectivity index (χ4v) is 4.66. The van der Waals surface area contributed by atoms with Crippen LogP contribution in [0.5, 0.6) is 0 Å². The van der Waals surface area contributed by atoms with E-state index in [1.807, 2.05) is 0 Å². The first-order valence-electron chi connectivity index (χ1n) is 10.2. The fourth-order valence-electron chi connectivity index (χ4n) is 4.66. The molecule has 0 aromatic rings. The monoisotopic (exact) mass is 308 g/mol. The summed E-state index contributed by atoms with van der Waals surface area (Å²) in [6.07, 6.45) is 15.6. The van der Waals surface area contributed by atoms with Gasteiger partial charge >= 0.3 is 0 Å². The van der Waals surface area contributed by atoms with Gasteiger partial charge < -0.3 is 0 Å². The van der Waals surface area contributed by atoms with E-state index in [2.05, 4.69) is 30.6 Å². The van der Waals surface area contributed by atoms with Crippen molar-refractivity contribution in [2.24, 2.45) is 0 Å². The van der Waals surface area contributed by atoms with Crippen LogP contribution in [-0.2, 0) is 0 Å². The minimum absolute atomic E-state index is 0.365. The summed E-state index contributed by atoms with van der Waals surface area (Å²) in [7, 11) is 0. The highest BCUT2D eigenvalue weighted by Gasteiger charge is 2.40. The number of rotatable bonds is 10. The molecule has 2 fully saturated rings. The molecule has 2 heteroatoms. The Hall–Kier alpha value is -0.0800. The van der Waals surface area contributed by atoms with Crippen LogP contribution in [0.15, 0.2) is 0 Å². The van der Waals surface area contributed by atoms with E-state index in [0.717, 1.165) is 6.04 Å². The second kappa shape index (κ2) is 9.27. The molecule has 0 radical (unpaired) electrons. The van der Waals surface area contributed by atoms with Crippen molar-refractivity contribution in [3.63, 3.8) is 0 Å². The van der Waals surface area contributed by atoms with Gasteiger partial charge in [0.15, 0.2) is 0 Å². The van der Waals surface area contributed by atoms with Crippen molar-refractivity contribution in [2.45, 2.75) is 103 Å². The topological polar surface area (TPSA) is 6.48 Å². The first-order valence-corrected chi connectivity index (χ1v) is 10.2. The average molecular weight is 309 g/mol. The zero-order valence-corrected chi connectivity index (χ0v) is 15.6. The molecular weight excluding hydrogens is 268 g/mol. The lowest BCUT2D eigenvalue weighted by Crippen LogP contribution is -2.57. The summed E-state index contributed by atoms with van der Waals surface area (Å²) in [5.74, 6) is 0. The lowest BCUT2D eigenvalue weighted by atomic mass is 9.87. The Morgan fingerprint density at radius 2 is 1.32 bits per heavy atom. The minimum atomic E-state index is 0.365. The van der Waals surface area contributed by atoms with E-state index in [4.69, 9.17) is 0 Å². The second-order valence-electron chi connectivity index (χ2n) is 8.16. The molecule has 130 valence electrons. The highest BCUT2D eigenvalue weighted by atomic mass is 15.3. The van der Waals surface area contributed by atoms with Gasteiger partial charge in [0, 0.05) is 11.6 Å². The molecule has 1 atom stereocenters. The summed E-state index contributed by atoms with van der Waals surface area (Å²) in [4.78, 5) is 5.61. The van der Waals surface area contributed by atoms with E-state index < -0.39 is 0 Å². The van der Waals surface area contributed by atoms with Gasteiger partial charge in [-0.05, 0) is 72.1 Å². The fraction of sp³-hybridized carbons (Fsp3) is 1.00. The van der Waals surface area contributed by atoms with Crippen LogP contribution in [0, 0.1) is 0 Å². The SMILES string of the molecule is CCCCCCCCC(N1CCCC1)C(C)(C)N1CCCC1. The molecule has 0 aromatic heterocycles. The number of likely N-dealkylation sites (tertiary alicyclic amines) is 2. The number of nitrogens with zero attached hydrogens (tertiary/aromatic N) is 2. The molecule has 2 rings (SSSR count). The molecule has 2 aliphatic heterocycles. The van der Waals surface area contributed by atoms with Gasteiger partial charge in [-0.25, -0.2) is 0 Å². The average Bonchev–Trinajstić information content (AvgIpc) is 3.19. The summed E-state index contributed by atoms with van der Waals surface area (Å²) in [6.45, 7) is 12.7. The standard InChI is InChI=1S/C20H40N2/c1-4-5-6-7-8-9-14-19(21-15-10-11-16-21)20(2,3)22-17-12-13-18-22/h19H,4-18H2,1-3H3. The molecule has 2 nitrogen and oxygen atoms in total. The van der Waals surface area contributed by atoms with Crippen molar-refractivity contribution >= 4 is 0 Å². The smallest absolute Gasteiger partial charge is 0.0308 e. The maximum atomic E-state index is 2.82. The Morgan fingerprint density at radius 1 is 0.773 bits per heavy atom. The third kappa shape index (κ3) is 4.96. The maximum absolute atomic E-state index is 2.82. The van der Waals surface area contributed by atoms with Gasteiger partial charge in [-0.3, -0.25) is 9.80 Å². The largest absolute Gasteiger partial charge is 0.299 e. The molecule has 22 heavy (non-hydrogen) atoms. The normalized spacial score (nSPS) is 22.5. The van der Waals surface area contributed by atoms with Crippen LogP contribution in [0.4, 0.5) is 0 Å². The van der Waals surface area contributed by atoms with Gasteiger partial charge in [0.25, 0.3) is 0 Å². The first kappa shape index (κ1) is 18.3. The van der Waals surface area contributed by atoms with E-state index in [-0.39, 0.29) is 0 Å². The van der Waals surface area contributed by atoms with Gasteiger partial charge in [-0.1, -0.05) is 45.4 Å². The number of unbranched alkanes of at least 4 members (excludes halogenated alkanes) is 5. The van der Waals surface area contributed by atoms with Crippen molar-refractivity contribution in [2.75, 3.05) is 26.2 Å². The van der Waals surface area contributed by atoms with E-state index in [9.17, 15) is 0 Å². The van der Waals surface area contributed by atoms with Gasteiger partial charge in [-0.2, -0.15) is 0 Å². The quantitative estimate of drug-likeness (QED) is 0.520. The van der Waals surface area contributed by atoms with Crippen LogP contribution in [0.25, 0.3) is 0 Å². The van der Waals surface area contributed by atoms with Crippen molar-refractivity contribution in [3.05, 3.63) is 0 Å². The molecule has 0 amide bonds. The summed E-state index contributed by atoms with van der Waals surface area (Å²) >= 11 is 0. The summed E-state index contributed by atoms with van der Waals surface area (Å²) in [6, 6.07) is 0.777. The van der Waals surface area contributed by atoms with Crippen LogP contribution < -0.4 is 0 Å². The van der Waals surface area contributed by atoms with Crippen LogP contribution >= 0.6 is 0 Å². The van der Waals surface area contributed by atoms with Crippen molar-refractivity contribution in [1.82, 2.24) is 9.80 Å². The van der Waals surface area contributed by atoms with Gasteiger partial charge in [0.2, 0.25) is 0 Å². The Labute approximate surface area is 139 Å². The molecule has 2 aliphatic rings. The predicted molar refractivity (Wildman–Crippen MR) is 97.5 cm³/mol. The van der Waals surface area contributed by atoms with Crippen molar-refractivity contribution in [3.8, 4) is 0 Å². The summed E-state index contributed by atoms with van der Waals surface area (Å²) in [5.41, 5.74) is 0.365. The lowest BCUT2D eigenvalue weighted by molar-refractivity contribution is 0.0381. The molecule has 0 spiro atoms.